The molecule has 168 valence electrons. The molecule has 10 nitrogen and oxygen atoms in total. The van der Waals surface area contributed by atoms with Crippen LogP contribution < -0.4 is 11.1 Å². The summed E-state index contributed by atoms with van der Waals surface area (Å²) in [4.78, 5) is 38.8. The van der Waals surface area contributed by atoms with Crippen molar-refractivity contribution >= 4 is 44.9 Å². The van der Waals surface area contributed by atoms with Gasteiger partial charge >= 0.3 is 5.82 Å². The second-order valence-corrected chi connectivity index (χ2v) is 7.79. The summed E-state index contributed by atoms with van der Waals surface area (Å²) in [5, 5.41) is 17.3. The third-order valence-electron chi connectivity index (χ3n) is 4.60. The summed E-state index contributed by atoms with van der Waals surface area (Å²) in [7, 11) is 0. The Hall–Kier alpha value is -4.26. The van der Waals surface area contributed by atoms with E-state index in [0.29, 0.717) is 11.1 Å². The van der Waals surface area contributed by atoms with E-state index in [1.54, 1.807) is 30.3 Å². The lowest BCUT2D eigenvalue weighted by molar-refractivity contribution is -0.389. The van der Waals surface area contributed by atoms with Crippen LogP contribution in [0.5, 0.6) is 0 Å². The molecule has 1 aromatic carbocycles. The fourth-order valence-corrected chi connectivity index (χ4v) is 4.24. The standard InChI is InChI=1S/C20H14F2N6O4S/c21-18(22)12-8-11(10-4-2-1-3-5-10)15-16(17(19(23)30)33-20(15)24-12)25-14(29)9-27-7-6-13(26-27)28(31)32/h1-8,18H,9H2,(H2,23,30)(H,25,29). The second-order valence-electron chi connectivity index (χ2n) is 6.79. The van der Waals surface area contributed by atoms with Crippen molar-refractivity contribution in [2.75, 3.05) is 5.32 Å². The van der Waals surface area contributed by atoms with Gasteiger partial charge in [0, 0.05) is 5.39 Å². The maximum Gasteiger partial charge on any atom is 0.389 e. The van der Waals surface area contributed by atoms with Crippen LogP contribution in [-0.4, -0.2) is 31.5 Å². The third-order valence-corrected chi connectivity index (χ3v) is 5.70. The van der Waals surface area contributed by atoms with Gasteiger partial charge in [0.15, 0.2) is 0 Å². The van der Waals surface area contributed by atoms with E-state index in [0.717, 1.165) is 22.1 Å². The highest BCUT2D eigenvalue weighted by Crippen LogP contribution is 2.42. The minimum absolute atomic E-state index is 0.0290. The van der Waals surface area contributed by atoms with Crippen molar-refractivity contribution in [2.45, 2.75) is 13.0 Å². The molecule has 13 heteroatoms. The highest BCUT2D eigenvalue weighted by molar-refractivity contribution is 7.21. The monoisotopic (exact) mass is 472 g/mol. The Labute approximate surface area is 187 Å². The number of nitrogens with zero attached hydrogens (tertiary/aromatic N) is 4. The predicted molar refractivity (Wildman–Crippen MR) is 116 cm³/mol. The topological polar surface area (TPSA) is 146 Å². The van der Waals surface area contributed by atoms with Crippen LogP contribution in [0.3, 0.4) is 0 Å². The zero-order valence-electron chi connectivity index (χ0n) is 16.6. The van der Waals surface area contributed by atoms with Crippen LogP contribution >= 0.6 is 11.3 Å². The fraction of sp³-hybridized carbons (Fsp3) is 0.100. The van der Waals surface area contributed by atoms with E-state index in [1.165, 1.54) is 12.3 Å². The molecule has 0 atom stereocenters. The first-order valence-electron chi connectivity index (χ1n) is 9.33. The summed E-state index contributed by atoms with van der Waals surface area (Å²) in [5.41, 5.74) is 5.93. The Balaban J connectivity index is 1.82. The maximum atomic E-state index is 13.5. The largest absolute Gasteiger partial charge is 0.389 e. The van der Waals surface area contributed by atoms with Gasteiger partial charge in [-0.15, -0.1) is 11.3 Å². The van der Waals surface area contributed by atoms with Crippen molar-refractivity contribution in [3.63, 3.8) is 0 Å². The van der Waals surface area contributed by atoms with Crippen molar-refractivity contribution in [1.82, 2.24) is 14.8 Å². The van der Waals surface area contributed by atoms with Crippen LogP contribution in [0.25, 0.3) is 21.3 Å². The molecule has 4 aromatic rings. The van der Waals surface area contributed by atoms with Gasteiger partial charge in [-0.05, 0) is 22.1 Å². The van der Waals surface area contributed by atoms with E-state index in [2.05, 4.69) is 15.4 Å². The molecule has 0 spiro atoms. The number of benzene rings is 1. The number of hydrogen-bond donors (Lipinski definition) is 2. The van der Waals surface area contributed by atoms with Crippen LogP contribution in [0.2, 0.25) is 0 Å². The molecule has 0 saturated carbocycles. The molecule has 0 radical (unpaired) electrons. The van der Waals surface area contributed by atoms with Gasteiger partial charge in [-0.3, -0.25) is 9.59 Å². The molecule has 0 aliphatic heterocycles. The van der Waals surface area contributed by atoms with E-state index in [4.69, 9.17) is 5.73 Å². The number of anilines is 1. The van der Waals surface area contributed by atoms with Gasteiger partial charge in [0.25, 0.3) is 12.3 Å². The lowest BCUT2D eigenvalue weighted by Gasteiger charge is -2.10. The quantitative estimate of drug-likeness (QED) is 0.309. The number of alkyl halides is 2. The molecular weight excluding hydrogens is 458 g/mol. The van der Waals surface area contributed by atoms with Crippen molar-refractivity contribution in [3.8, 4) is 11.1 Å². The Morgan fingerprint density at radius 3 is 2.58 bits per heavy atom. The van der Waals surface area contributed by atoms with Gasteiger partial charge in [0.2, 0.25) is 5.91 Å². The Kier molecular flexibility index (Phi) is 5.79. The van der Waals surface area contributed by atoms with E-state index in [9.17, 15) is 28.5 Å². The molecule has 0 aliphatic carbocycles. The zero-order chi connectivity index (χ0) is 23.7. The Morgan fingerprint density at radius 2 is 1.97 bits per heavy atom. The van der Waals surface area contributed by atoms with E-state index >= 15 is 0 Å². The molecule has 33 heavy (non-hydrogen) atoms. The predicted octanol–water partition coefficient (Wildman–Crippen LogP) is 3.74. The first-order chi connectivity index (χ1) is 15.7. The lowest BCUT2D eigenvalue weighted by atomic mass is 10.0. The number of rotatable bonds is 7. The van der Waals surface area contributed by atoms with Crippen molar-refractivity contribution < 1.29 is 23.3 Å². The molecule has 3 N–H and O–H groups in total. The smallest absolute Gasteiger partial charge is 0.365 e. The Morgan fingerprint density at radius 1 is 1.24 bits per heavy atom. The minimum atomic E-state index is -2.86. The summed E-state index contributed by atoms with van der Waals surface area (Å²) in [6.45, 7) is -0.396. The van der Waals surface area contributed by atoms with Gasteiger partial charge in [-0.2, -0.15) is 4.68 Å². The summed E-state index contributed by atoms with van der Waals surface area (Å²) in [6, 6.07) is 10.9. The molecule has 0 fully saturated rings. The summed E-state index contributed by atoms with van der Waals surface area (Å²) in [5.74, 6) is -1.97. The first-order valence-corrected chi connectivity index (χ1v) is 10.1. The van der Waals surface area contributed by atoms with Crippen molar-refractivity contribution in [1.29, 1.82) is 0 Å². The normalized spacial score (nSPS) is 11.1. The van der Waals surface area contributed by atoms with Gasteiger partial charge in [-0.1, -0.05) is 30.3 Å². The molecule has 0 bridgehead atoms. The maximum absolute atomic E-state index is 13.5. The SMILES string of the molecule is NC(=O)c1sc2nc(C(F)F)cc(-c3ccccc3)c2c1NC(=O)Cn1ccc([N+](=O)[O-])n1. The number of pyridine rings is 1. The summed E-state index contributed by atoms with van der Waals surface area (Å²) in [6.07, 6.45) is -1.60. The third kappa shape index (κ3) is 4.39. The summed E-state index contributed by atoms with van der Waals surface area (Å²) >= 11 is 0.783. The van der Waals surface area contributed by atoms with E-state index in [1.807, 2.05) is 0 Å². The highest BCUT2D eigenvalue weighted by Gasteiger charge is 2.25. The van der Waals surface area contributed by atoms with Crippen molar-refractivity contribution in [2.24, 2.45) is 5.73 Å². The number of thiophene rings is 1. The average Bonchev–Trinajstić information content (AvgIpc) is 3.39. The number of carbonyl (C=O) groups excluding carboxylic acids is 2. The number of aromatic nitrogens is 3. The molecule has 3 heterocycles. The minimum Gasteiger partial charge on any atom is -0.365 e. The molecule has 2 amide bonds. The number of fused-ring (bicyclic) bond motifs is 1. The molecule has 3 aromatic heterocycles. The average molecular weight is 472 g/mol. The number of amides is 2. The number of nitro groups is 1. The number of hydrogen-bond acceptors (Lipinski definition) is 7. The van der Waals surface area contributed by atoms with Gasteiger partial charge in [0.1, 0.15) is 21.9 Å². The number of nitrogens with one attached hydrogen (secondary N) is 1. The van der Waals surface area contributed by atoms with E-state index in [-0.39, 0.29) is 20.8 Å². The zero-order valence-corrected chi connectivity index (χ0v) is 17.4. The molecule has 0 aliphatic rings. The second kappa shape index (κ2) is 8.70. The van der Waals surface area contributed by atoms with Gasteiger partial charge in [-0.25, -0.2) is 13.8 Å². The van der Waals surface area contributed by atoms with Crippen LogP contribution in [0.1, 0.15) is 21.8 Å². The molecule has 0 unspecified atom stereocenters. The first kappa shape index (κ1) is 22.0. The van der Waals surface area contributed by atoms with Crippen LogP contribution in [0.4, 0.5) is 20.3 Å². The highest BCUT2D eigenvalue weighted by atomic mass is 32.1. The lowest BCUT2D eigenvalue weighted by Crippen LogP contribution is -2.21. The van der Waals surface area contributed by atoms with Gasteiger partial charge in [0.05, 0.1) is 23.0 Å². The van der Waals surface area contributed by atoms with Crippen LogP contribution in [0, 0.1) is 10.1 Å². The van der Waals surface area contributed by atoms with E-state index < -0.39 is 41.2 Å². The number of primary amides is 1. The number of halogens is 2. The number of carbonyl (C=O) groups is 2. The fourth-order valence-electron chi connectivity index (χ4n) is 3.23. The van der Waals surface area contributed by atoms with Gasteiger partial charge < -0.3 is 21.2 Å². The Bertz CT molecular complexity index is 1390. The molecule has 4 rings (SSSR count). The molecular formula is C20H14F2N6O4S. The van der Waals surface area contributed by atoms with Crippen LogP contribution in [0.15, 0.2) is 48.7 Å². The van der Waals surface area contributed by atoms with Crippen molar-refractivity contribution in [3.05, 3.63) is 69.3 Å². The molecule has 0 saturated heterocycles. The van der Waals surface area contributed by atoms with Crippen LogP contribution in [-0.2, 0) is 11.3 Å². The number of nitrogens with two attached hydrogens (primary N) is 1. The summed E-state index contributed by atoms with van der Waals surface area (Å²) < 4.78 is 28.0.